The molecule has 1 aromatic carbocycles. The number of aromatic nitrogens is 3. The highest BCUT2D eigenvalue weighted by atomic mass is 16.5. The smallest absolute Gasteiger partial charge is 0.415 e. The largest absolute Gasteiger partial charge is 0.464 e. The van der Waals surface area contributed by atoms with E-state index in [0.29, 0.717) is 30.1 Å². The second-order valence-electron chi connectivity index (χ2n) is 7.77. The van der Waals surface area contributed by atoms with Gasteiger partial charge in [-0.2, -0.15) is 0 Å². The van der Waals surface area contributed by atoms with Gasteiger partial charge in [0.05, 0.1) is 23.7 Å². The molecule has 154 valence electrons. The van der Waals surface area contributed by atoms with Gasteiger partial charge in [0.25, 0.3) is 0 Å². The van der Waals surface area contributed by atoms with E-state index in [2.05, 4.69) is 15.3 Å². The minimum Gasteiger partial charge on any atom is -0.464 e. The molecule has 0 spiro atoms. The van der Waals surface area contributed by atoms with E-state index >= 15 is 0 Å². The van der Waals surface area contributed by atoms with Crippen molar-refractivity contribution in [3.63, 3.8) is 0 Å². The topological polar surface area (TPSA) is 110 Å². The highest BCUT2D eigenvalue weighted by Crippen LogP contribution is 2.32. The van der Waals surface area contributed by atoms with Crippen LogP contribution in [0.15, 0.2) is 36.8 Å². The van der Waals surface area contributed by atoms with Crippen molar-refractivity contribution in [1.82, 2.24) is 24.8 Å². The van der Waals surface area contributed by atoms with Crippen LogP contribution in [0.25, 0.3) is 10.9 Å². The zero-order valence-electron chi connectivity index (χ0n) is 16.4. The Morgan fingerprint density at radius 2 is 2.07 bits per heavy atom. The summed E-state index contributed by atoms with van der Waals surface area (Å²) in [6.45, 7) is 3.95. The zero-order chi connectivity index (χ0) is 20.8. The van der Waals surface area contributed by atoms with E-state index in [1.807, 2.05) is 11.8 Å². The van der Waals surface area contributed by atoms with Crippen molar-refractivity contribution in [2.75, 3.05) is 13.1 Å². The first-order valence-electron chi connectivity index (χ1n) is 9.87. The fraction of sp³-hybridized carbons (Fsp3) is 0.333. The van der Waals surface area contributed by atoms with Crippen LogP contribution in [0.5, 0.6) is 11.6 Å². The third-order valence-electron chi connectivity index (χ3n) is 5.84. The minimum atomic E-state index is -1.03. The minimum absolute atomic E-state index is 0.0334. The molecule has 0 saturated carbocycles. The summed E-state index contributed by atoms with van der Waals surface area (Å²) in [4.78, 5) is 34.6. The van der Waals surface area contributed by atoms with Gasteiger partial charge < -0.3 is 20.1 Å². The van der Waals surface area contributed by atoms with Gasteiger partial charge in [0.2, 0.25) is 11.8 Å². The standard InChI is InChI=1S/C21H21N5O4/c1-12-6-16-17(10-26(12)20(27)14-8-22-9-14)23-11-24-19(16)30-15-2-3-18-13(7-15)4-5-25(18)21(28)29/h2-5,7,11-12,14,22H,6,8-10H2,1H3,(H,28,29). The maximum Gasteiger partial charge on any atom is 0.415 e. The molecular formula is C21H21N5O4. The maximum atomic E-state index is 12.7. The number of amides is 1. The number of carbonyl (C=O) groups excluding carboxylic acids is 1. The Morgan fingerprint density at radius 3 is 2.80 bits per heavy atom. The normalized spacial score (nSPS) is 18.7. The molecule has 1 unspecified atom stereocenters. The molecule has 2 aliphatic heterocycles. The number of fused-ring (bicyclic) bond motifs is 2. The molecule has 1 atom stereocenters. The number of rotatable bonds is 3. The molecule has 2 aliphatic rings. The molecule has 9 heteroatoms. The van der Waals surface area contributed by atoms with E-state index < -0.39 is 6.09 Å². The number of ether oxygens (including phenoxy) is 1. The van der Waals surface area contributed by atoms with Crippen molar-refractivity contribution in [3.8, 4) is 11.6 Å². The molecule has 3 aromatic rings. The van der Waals surface area contributed by atoms with Crippen molar-refractivity contribution < 1.29 is 19.4 Å². The lowest BCUT2D eigenvalue weighted by Gasteiger charge is -2.39. The number of benzene rings is 1. The molecule has 0 bridgehead atoms. The Morgan fingerprint density at radius 1 is 1.23 bits per heavy atom. The number of nitrogens with one attached hydrogen (secondary N) is 1. The first kappa shape index (κ1) is 18.6. The van der Waals surface area contributed by atoms with Crippen LogP contribution < -0.4 is 10.1 Å². The van der Waals surface area contributed by atoms with Gasteiger partial charge in [0.15, 0.2) is 0 Å². The Bertz CT molecular complexity index is 1150. The zero-order valence-corrected chi connectivity index (χ0v) is 16.4. The molecule has 2 aromatic heterocycles. The van der Waals surface area contributed by atoms with Gasteiger partial charge in [0, 0.05) is 36.3 Å². The second kappa shape index (κ2) is 7.10. The van der Waals surface area contributed by atoms with Crippen LogP contribution in [0.1, 0.15) is 18.2 Å². The van der Waals surface area contributed by atoms with Gasteiger partial charge in [-0.05, 0) is 37.6 Å². The first-order valence-corrected chi connectivity index (χ1v) is 9.87. The van der Waals surface area contributed by atoms with Crippen LogP contribution in [-0.4, -0.2) is 55.7 Å². The summed E-state index contributed by atoms with van der Waals surface area (Å²) in [5.41, 5.74) is 2.30. The van der Waals surface area contributed by atoms with E-state index in [1.54, 1.807) is 24.3 Å². The average molecular weight is 407 g/mol. The molecule has 5 rings (SSSR count). The van der Waals surface area contributed by atoms with Crippen LogP contribution in [0.2, 0.25) is 0 Å². The number of hydrogen-bond donors (Lipinski definition) is 2. The van der Waals surface area contributed by atoms with Crippen molar-refractivity contribution in [2.24, 2.45) is 5.92 Å². The predicted octanol–water partition coefficient (Wildman–Crippen LogP) is 2.24. The highest BCUT2D eigenvalue weighted by molar-refractivity contribution is 5.89. The van der Waals surface area contributed by atoms with Gasteiger partial charge in [-0.1, -0.05) is 0 Å². The molecule has 1 saturated heterocycles. The summed E-state index contributed by atoms with van der Waals surface area (Å²) in [5, 5.41) is 13.1. The van der Waals surface area contributed by atoms with Crippen LogP contribution >= 0.6 is 0 Å². The molecule has 0 radical (unpaired) electrons. The van der Waals surface area contributed by atoms with Crippen LogP contribution in [0, 0.1) is 5.92 Å². The first-order chi connectivity index (χ1) is 14.5. The van der Waals surface area contributed by atoms with Gasteiger partial charge in [-0.15, -0.1) is 0 Å². The number of carbonyl (C=O) groups is 2. The third kappa shape index (κ3) is 3.07. The van der Waals surface area contributed by atoms with Crippen molar-refractivity contribution in [3.05, 3.63) is 48.0 Å². The fourth-order valence-corrected chi connectivity index (χ4v) is 4.04. The number of nitrogens with zero attached hydrogens (tertiary/aromatic N) is 4. The third-order valence-corrected chi connectivity index (χ3v) is 5.84. The lowest BCUT2D eigenvalue weighted by Crippen LogP contribution is -2.55. The lowest BCUT2D eigenvalue weighted by molar-refractivity contribution is -0.140. The van der Waals surface area contributed by atoms with Crippen LogP contribution in [0.4, 0.5) is 4.79 Å². The predicted molar refractivity (Wildman–Crippen MR) is 108 cm³/mol. The summed E-state index contributed by atoms with van der Waals surface area (Å²) >= 11 is 0. The Hall–Kier alpha value is -3.46. The Balaban J connectivity index is 1.41. The molecule has 1 amide bonds. The molecule has 2 N–H and O–H groups in total. The average Bonchev–Trinajstić information content (AvgIpc) is 3.10. The van der Waals surface area contributed by atoms with Crippen molar-refractivity contribution in [2.45, 2.75) is 25.9 Å². The SMILES string of the molecule is CC1Cc2c(ncnc2Oc2ccc3c(ccn3C(=O)O)c2)CN1C(=O)C1CNC1. The molecule has 0 aliphatic carbocycles. The van der Waals surface area contributed by atoms with Crippen LogP contribution in [-0.2, 0) is 17.8 Å². The highest BCUT2D eigenvalue weighted by Gasteiger charge is 2.35. The molecular weight excluding hydrogens is 386 g/mol. The van der Waals surface area contributed by atoms with E-state index in [0.717, 1.165) is 34.3 Å². The molecule has 30 heavy (non-hydrogen) atoms. The summed E-state index contributed by atoms with van der Waals surface area (Å²) in [5.74, 6) is 1.26. The summed E-state index contributed by atoms with van der Waals surface area (Å²) < 4.78 is 7.22. The number of hydrogen-bond acceptors (Lipinski definition) is 6. The Labute approximate surface area is 172 Å². The monoisotopic (exact) mass is 407 g/mol. The summed E-state index contributed by atoms with van der Waals surface area (Å²) in [6.07, 6.45) is 2.55. The second-order valence-corrected chi connectivity index (χ2v) is 7.77. The van der Waals surface area contributed by atoms with E-state index in [-0.39, 0.29) is 17.9 Å². The molecule has 4 heterocycles. The van der Waals surface area contributed by atoms with Gasteiger partial charge in [0.1, 0.15) is 12.1 Å². The fourth-order valence-electron chi connectivity index (χ4n) is 4.04. The molecule has 1 fully saturated rings. The Kier molecular flexibility index (Phi) is 4.39. The van der Waals surface area contributed by atoms with Gasteiger partial charge in [-0.25, -0.2) is 14.8 Å². The van der Waals surface area contributed by atoms with Crippen LogP contribution in [0.3, 0.4) is 0 Å². The number of carboxylic acid groups (broad SMARTS) is 1. The van der Waals surface area contributed by atoms with E-state index in [1.165, 1.54) is 12.5 Å². The molecule has 9 nitrogen and oxygen atoms in total. The lowest BCUT2D eigenvalue weighted by atomic mass is 9.95. The quantitative estimate of drug-likeness (QED) is 0.685. The van der Waals surface area contributed by atoms with Crippen molar-refractivity contribution >= 4 is 22.9 Å². The summed E-state index contributed by atoms with van der Waals surface area (Å²) in [6, 6.07) is 6.98. The van der Waals surface area contributed by atoms with Gasteiger partial charge >= 0.3 is 6.09 Å². The van der Waals surface area contributed by atoms with E-state index in [4.69, 9.17) is 4.74 Å². The summed E-state index contributed by atoms with van der Waals surface area (Å²) in [7, 11) is 0. The van der Waals surface area contributed by atoms with E-state index in [9.17, 15) is 14.7 Å². The van der Waals surface area contributed by atoms with Crippen molar-refractivity contribution in [1.29, 1.82) is 0 Å². The van der Waals surface area contributed by atoms with Gasteiger partial charge in [-0.3, -0.25) is 9.36 Å². The maximum absolute atomic E-state index is 12.7.